The van der Waals surface area contributed by atoms with Crippen LogP contribution in [-0.4, -0.2) is 20.9 Å². The van der Waals surface area contributed by atoms with Crippen molar-refractivity contribution in [3.63, 3.8) is 0 Å². The molecule has 0 atom stereocenters. The molecule has 0 bridgehead atoms. The molecule has 1 aromatic heterocycles. The van der Waals surface area contributed by atoms with Crippen LogP contribution in [0.3, 0.4) is 0 Å². The van der Waals surface area contributed by atoms with Gasteiger partial charge in [-0.15, -0.1) is 10.2 Å². The van der Waals surface area contributed by atoms with E-state index < -0.39 is 0 Å². The van der Waals surface area contributed by atoms with Gasteiger partial charge in [-0.25, -0.2) is 5.43 Å². The van der Waals surface area contributed by atoms with Crippen LogP contribution in [0, 0.1) is 6.92 Å². The highest BCUT2D eigenvalue weighted by molar-refractivity contribution is 6.30. The third kappa shape index (κ3) is 3.42. The molecule has 0 spiro atoms. The average Bonchev–Trinajstić information content (AvgIpc) is 2.45. The number of nitrogens with zero attached hydrogens (tertiary/aromatic N) is 3. The standard InChI is InChI=1S/C13H14ClN5O/c1-3-11(9-4-6-10(14)7-5-9)17-19-13-15-12(20)8(2)16-18-13/h4-7H,3H2,1-2H3,(H2,15,18,19,20)/b17-11+. The number of aromatic amines is 1. The van der Waals surface area contributed by atoms with E-state index in [-0.39, 0.29) is 11.5 Å². The number of aryl methyl sites for hydroxylation is 1. The molecule has 2 N–H and O–H groups in total. The molecule has 0 aliphatic heterocycles. The average molecular weight is 292 g/mol. The monoisotopic (exact) mass is 291 g/mol. The molecule has 7 heteroatoms. The number of aromatic nitrogens is 3. The van der Waals surface area contributed by atoms with E-state index >= 15 is 0 Å². The fourth-order valence-electron chi connectivity index (χ4n) is 1.55. The van der Waals surface area contributed by atoms with Gasteiger partial charge in [0.15, 0.2) is 0 Å². The number of hydrogen-bond acceptors (Lipinski definition) is 5. The SMILES string of the molecule is CC/C(=N\Nc1nnc(C)c(=O)[nH]1)c1ccc(Cl)cc1. The van der Waals surface area contributed by atoms with E-state index in [4.69, 9.17) is 11.6 Å². The van der Waals surface area contributed by atoms with Crippen LogP contribution in [0.2, 0.25) is 5.02 Å². The minimum Gasteiger partial charge on any atom is -0.288 e. The molecule has 0 aliphatic carbocycles. The molecule has 1 aromatic carbocycles. The summed E-state index contributed by atoms with van der Waals surface area (Å²) in [6, 6.07) is 7.37. The van der Waals surface area contributed by atoms with E-state index in [1.807, 2.05) is 19.1 Å². The lowest BCUT2D eigenvalue weighted by molar-refractivity contribution is 0.896. The Morgan fingerprint density at radius 2 is 2.05 bits per heavy atom. The van der Waals surface area contributed by atoms with E-state index in [1.165, 1.54) is 0 Å². The highest BCUT2D eigenvalue weighted by atomic mass is 35.5. The molecule has 6 nitrogen and oxygen atoms in total. The largest absolute Gasteiger partial charge is 0.288 e. The molecule has 0 radical (unpaired) electrons. The summed E-state index contributed by atoms with van der Waals surface area (Å²) in [4.78, 5) is 13.9. The molecule has 2 aromatic rings. The Bertz CT molecular complexity index is 678. The molecule has 0 saturated heterocycles. The lowest BCUT2D eigenvalue weighted by Crippen LogP contribution is -2.16. The van der Waals surface area contributed by atoms with E-state index in [0.717, 1.165) is 17.7 Å². The number of benzene rings is 1. The molecule has 20 heavy (non-hydrogen) atoms. The fraction of sp³-hybridized carbons (Fsp3) is 0.231. The van der Waals surface area contributed by atoms with Crippen molar-refractivity contribution in [2.45, 2.75) is 20.3 Å². The van der Waals surface area contributed by atoms with Crippen molar-refractivity contribution in [1.82, 2.24) is 15.2 Å². The normalized spacial score (nSPS) is 11.4. The van der Waals surface area contributed by atoms with Gasteiger partial charge >= 0.3 is 0 Å². The predicted molar refractivity (Wildman–Crippen MR) is 79.3 cm³/mol. The second-order valence-electron chi connectivity index (χ2n) is 4.12. The van der Waals surface area contributed by atoms with Crippen LogP contribution in [0.5, 0.6) is 0 Å². The molecule has 0 amide bonds. The highest BCUT2D eigenvalue weighted by Crippen LogP contribution is 2.11. The summed E-state index contributed by atoms with van der Waals surface area (Å²) in [5.74, 6) is 0.209. The molecule has 2 rings (SSSR count). The lowest BCUT2D eigenvalue weighted by atomic mass is 10.1. The Labute approximate surface area is 120 Å². The maximum Gasteiger partial charge on any atom is 0.274 e. The fourth-order valence-corrected chi connectivity index (χ4v) is 1.68. The van der Waals surface area contributed by atoms with Gasteiger partial charge in [-0.1, -0.05) is 30.7 Å². The van der Waals surface area contributed by atoms with E-state index in [0.29, 0.717) is 10.7 Å². The van der Waals surface area contributed by atoms with Gasteiger partial charge < -0.3 is 0 Å². The molecular formula is C13H14ClN5O. The molecule has 0 unspecified atom stereocenters. The molecular weight excluding hydrogens is 278 g/mol. The summed E-state index contributed by atoms with van der Waals surface area (Å²) in [5, 5.41) is 12.4. The molecule has 0 saturated carbocycles. The number of anilines is 1. The first-order valence-electron chi connectivity index (χ1n) is 6.12. The van der Waals surface area contributed by atoms with Gasteiger partial charge in [-0.2, -0.15) is 5.10 Å². The first-order valence-corrected chi connectivity index (χ1v) is 6.50. The van der Waals surface area contributed by atoms with Crippen LogP contribution < -0.4 is 11.0 Å². The van der Waals surface area contributed by atoms with Crippen molar-refractivity contribution in [2.24, 2.45) is 5.10 Å². The highest BCUT2D eigenvalue weighted by Gasteiger charge is 2.03. The minimum absolute atomic E-state index is 0.209. The Hall–Kier alpha value is -2.21. The minimum atomic E-state index is -0.290. The maximum atomic E-state index is 11.4. The van der Waals surface area contributed by atoms with Crippen molar-refractivity contribution in [2.75, 3.05) is 5.43 Å². The van der Waals surface area contributed by atoms with Crippen LogP contribution in [0.1, 0.15) is 24.6 Å². The summed E-state index contributed by atoms with van der Waals surface area (Å²) >= 11 is 5.85. The Balaban J connectivity index is 2.21. The maximum absolute atomic E-state index is 11.4. The van der Waals surface area contributed by atoms with Crippen molar-refractivity contribution in [1.29, 1.82) is 0 Å². The third-order valence-electron chi connectivity index (χ3n) is 2.67. The third-order valence-corrected chi connectivity index (χ3v) is 2.92. The second-order valence-corrected chi connectivity index (χ2v) is 4.56. The van der Waals surface area contributed by atoms with Gasteiger partial charge in [-0.3, -0.25) is 9.78 Å². The van der Waals surface area contributed by atoms with Crippen molar-refractivity contribution < 1.29 is 0 Å². The summed E-state index contributed by atoms with van der Waals surface area (Å²) in [5.41, 5.74) is 4.50. The van der Waals surface area contributed by atoms with E-state index in [1.54, 1.807) is 19.1 Å². The number of H-pyrrole nitrogens is 1. The molecule has 0 aliphatic rings. The zero-order chi connectivity index (χ0) is 14.5. The van der Waals surface area contributed by atoms with Crippen molar-refractivity contribution in [3.8, 4) is 0 Å². The van der Waals surface area contributed by atoms with Crippen LogP contribution in [0.25, 0.3) is 0 Å². The predicted octanol–water partition coefficient (Wildman–Crippen LogP) is 2.35. The Morgan fingerprint density at radius 3 is 2.65 bits per heavy atom. The van der Waals surface area contributed by atoms with Gasteiger partial charge in [0.05, 0.1) is 5.71 Å². The number of hydrogen-bond donors (Lipinski definition) is 2. The van der Waals surface area contributed by atoms with Crippen LogP contribution in [0.15, 0.2) is 34.2 Å². The van der Waals surface area contributed by atoms with Gasteiger partial charge in [0.2, 0.25) is 5.95 Å². The summed E-state index contributed by atoms with van der Waals surface area (Å²) < 4.78 is 0. The van der Waals surface area contributed by atoms with Crippen molar-refractivity contribution in [3.05, 3.63) is 50.9 Å². The van der Waals surface area contributed by atoms with Gasteiger partial charge in [0, 0.05) is 5.02 Å². The van der Waals surface area contributed by atoms with Crippen molar-refractivity contribution >= 4 is 23.3 Å². The van der Waals surface area contributed by atoms with Crippen LogP contribution in [0.4, 0.5) is 5.95 Å². The zero-order valence-electron chi connectivity index (χ0n) is 11.1. The molecule has 1 heterocycles. The first-order chi connectivity index (χ1) is 9.60. The molecule has 104 valence electrons. The Kier molecular flexibility index (Phi) is 4.47. The van der Waals surface area contributed by atoms with E-state index in [9.17, 15) is 4.79 Å². The summed E-state index contributed by atoms with van der Waals surface area (Å²) in [6.07, 6.45) is 0.720. The van der Waals surface area contributed by atoms with Crippen LogP contribution >= 0.6 is 11.6 Å². The topological polar surface area (TPSA) is 83.0 Å². The summed E-state index contributed by atoms with van der Waals surface area (Å²) in [6.45, 7) is 3.57. The number of halogens is 1. The molecule has 0 fully saturated rings. The van der Waals surface area contributed by atoms with Crippen LogP contribution in [-0.2, 0) is 0 Å². The second kappa shape index (κ2) is 6.29. The van der Waals surface area contributed by atoms with Gasteiger partial charge in [-0.05, 0) is 31.0 Å². The Morgan fingerprint density at radius 1 is 1.35 bits per heavy atom. The zero-order valence-corrected chi connectivity index (χ0v) is 11.9. The number of hydrazone groups is 1. The smallest absolute Gasteiger partial charge is 0.274 e. The summed E-state index contributed by atoms with van der Waals surface area (Å²) in [7, 11) is 0. The lowest BCUT2D eigenvalue weighted by Gasteiger charge is -2.05. The number of nitrogens with one attached hydrogen (secondary N) is 2. The quantitative estimate of drug-likeness (QED) is 0.669. The van der Waals surface area contributed by atoms with Gasteiger partial charge in [0.25, 0.3) is 5.56 Å². The van der Waals surface area contributed by atoms with E-state index in [2.05, 4.69) is 25.7 Å². The number of rotatable bonds is 4. The van der Waals surface area contributed by atoms with Gasteiger partial charge in [0.1, 0.15) is 5.69 Å². The first kappa shape index (κ1) is 14.2.